The molecule has 4 rings (SSSR count). The molecule has 0 bridgehead atoms. The van der Waals surface area contributed by atoms with Crippen molar-refractivity contribution < 1.29 is 9.53 Å². The summed E-state index contributed by atoms with van der Waals surface area (Å²) in [4.78, 5) is 29.8. The number of benzene rings is 1. The van der Waals surface area contributed by atoms with Gasteiger partial charge in [-0.1, -0.05) is 12.1 Å². The fourth-order valence-corrected chi connectivity index (χ4v) is 3.91. The molecule has 9 nitrogen and oxygen atoms in total. The topological polar surface area (TPSA) is 114 Å². The Balaban J connectivity index is 1.39. The minimum absolute atomic E-state index is 0.119. The molecule has 1 amide bonds. The number of nitrogens with zero attached hydrogens (tertiary/aromatic N) is 4. The summed E-state index contributed by atoms with van der Waals surface area (Å²) in [5, 5.41) is 9.75. The average molecular weight is 450 g/mol. The summed E-state index contributed by atoms with van der Waals surface area (Å²) >= 11 is 0. The zero-order valence-electron chi connectivity index (χ0n) is 19.6. The van der Waals surface area contributed by atoms with Crippen LogP contribution in [-0.4, -0.2) is 43.7 Å². The molecular weight excluding hydrogens is 418 g/mol. The number of rotatable bonds is 5. The number of aromatic nitrogens is 4. The van der Waals surface area contributed by atoms with Gasteiger partial charge in [0.05, 0.1) is 6.20 Å². The molecule has 9 heteroatoms. The predicted molar refractivity (Wildman–Crippen MR) is 129 cm³/mol. The van der Waals surface area contributed by atoms with Gasteiger partial charge in [0.25, 0.3) is 0 Å². The standard InChI is InChI=1S/C24H31N7O2/c1-15-6-5-7-18(12-15)28-21-20-19(26-14-27-21)13-25-22(31-20)29-16-8-10-17(11-9-16)30-23(32)33-24(2,3)4/h5-7,12-14,16-17H,8-11H2,1-4H3,(H,30,32)(H,25,29,31)(H,26,27,28)/t16-,17-. The highest BCUT2D eigenvalue weighted by Gasteiger charge is 2.25. The molecule has 0 unspecified atom stereocenters. The predicted octanol–water partition coefficient (Wildman–Crippen LogP) is 4.72. The maximum absolute atomic E-state index is 12.0. The van der Waals surface area contributed by atoms with Crippen molar-refractivity contribution in [1.82, 2.24) is 25.3 Å². The molecule has 0 atom stereocenters. The van der Waals surface area contributed by atoms with Crippen LogP contribution in [0.3, 0.4) is 0 Å². The molecular formula is C24H31N7O2. The van der Waals surface area contributed by atoms with Crippen LogP contribution in [0.1, 0.15) is 52.0 Å². The van der Waals surface area contributed by atoms with E-state index in [0.29, 0.717) is 22.8 Å². The number of hydrogen-bond acceptors (Lipinski definition) is 8. The van der Waals surface area contributed by atoms with Crippen molar-refractivity contribution in [2.24, 2.45) is 0 Å². The third-order valence-electron chi connectivity index (χ3n) is 5.44. The van der Waals surface area contributed by atoms with Gasteiger partial charge in [-0.3, -0.25) is 0 Å². The molecule has 2 aromatic heterocycles. The fraction of sp³-hybridized carbons (Fsp3) is 0.458. The first kappa shape index (κ1) is 22.7. The second-order valence-corrected chi connectivity index (χ2v) is 9.48. The van der Waals surface area contributed by atoms with Crippen LogP contribution in [0.4, 0.5) is 22.2 Å². The van der Waals surface area contributed by atoms with E-state index in [-0.39, 0.29) is 18.2 Å². The van der Waals surface area contributed by atoms with Gasteiger partial charge in [-0.25, -0.2) is 24.7 Å². The Kier molecular flexibility index (Phi) is 6.57. The normalized spacial score (nSPS) is 18.5. The molecule has 174 valence electrons. The van der Waals surface area contributed by atoms with Crippen molar-refractivity contribution in [3.8, 4) is 0 Å². The quantitative estimate of drug-likeness (QED) is 0.513. The lowest BCUT2D eigenvalue weighted by Gasteiger charge is -2.30. The highest BCUT2D eigenvalue weighted by molar-refractivity contribution is 5.87. The number of anilines is 3. The van der Waals surface area contributed by atoms with E-state index in [1.54, 1.807) is 6.20 Å². The minimum Gasteiger partial charge on any atom is -0.444 e. The van der Waals surface area contributed by atoms with Crippen LogP contribution < -0.4 is 16.0 Å². The Hall–Kier alpha value is -3.49. The molecule has 1 aromatic carbocycles. The van der Waals surface area contributed by atoms with E-state index < -0.39 is 5.60 Å². The van der Waals surface area contributed by atoms with Gasteiger partial charge in [0.2, 0.25) is 5.95 Å². The zero-order chi connectivity index (χ0) is 23.4. The summed E-state index contributed by atoms with van der Waals surface area (Å²) in [6.45, 7) is 7.64. The summed E-state index contributed by atoms with van der Waals surface area (Å²) in [5.41, 5.74) is 2.95. The van der Waals surface area contributed by atoms with Crippen LogP contribution in [0.5, 0.6) is 0 Å². The zero-order valence-corrected chi connectivity index (χ0v) is 19.6. The lowest BCUT2D eigenvalue weighted by molar-refractivity contribution is 0.0492. The molecule has 0 spiro atoms. The average Bonchev–Trinajstić information content (AvgIpc) is 2.74. The number of alkyl carbamates (subject to hydrolysis) is 1. The van der Waals surface area contributed by atoms with Crippen molar-refractivity contribution >= 4 is 34.6 Å². The van der Waals surface area contributed by atoms with Gasteiger partial charge in [-0.2, -0.15) is 0 Å². The molecule has 3 N–H and O–H groups in total. The highest BCUT2D eigenvalue weighted by Crippen LogP contribution is 2.25. The molecule has 0 saturated heterocycles. The number of ether oxygens (including phenoxy) is 1. The number of fused-ring (bicyclic) bond motifs is 1. The molecule has 1 fully saturated rings. The van der Waals surface area contributed by atoms with Crippen molar-refractivity contribution in [3.63, 3.8) is 0 Å². The molecule has 2 heterocycles. The third kappa shape index (κ3) is 6.27. The number of aryl methyl sites for hydroxylation is 1. The van der Waals surface area contributed by atoms with E-state index in [1.165, 1.54) is 6.33 Å². The van der Waals surface area contributed by atoms with E-state index in [2.05, 4.69) is 37.0 Å². The van der Waals surface area contributed by atoms with E-state index >= 15 is 0 Å². The maximum Gasteiger partial charge on any atom is 0.407 e. The Morgan fingerprint density at radius 3 is 2.55 bits per heavy atom. The van der Waals surface area contributed by atoms with Crippen LogP contribution in [-0.2, 0) is 4.74 Å². The van der Waals surface area contributed by atoms with Crippen LogP contribution in [0.25, 0.3) is 11.0 Å². The van der Waals surface area contributed by atoms with Gasteiger partial charge < -0.3 is 20.7 Å². The van der Waals surface area contributed by atoms with Gasteiger partial charge in [-0.05, 0) is 71.1 Å². The third-order valence-corrected chi connectivity index (χ3v) is 5.44. The number of carbonyl (C=O) groups is 1. The maximum atomic E-state index is 12.0. The monoisotopic (exact) mass is 449 g/mol. The minimum atomic E-state index is -0.493. The lowest BCUT2D eigenvalue weighted by atomic mass is 9.91. The summed E-state index contributed by atoms with van der Waals surface area (Å²) in [6.07, 6.45) is 6.41. The molecule has 1 saturated carbocycles. The highest BCUT2D eigenvalue weighted by atomic mass is 16.6. The van der Waals surface area contributed by atoms with Crippen molar-refractivity contribution in [3.05, 3.63) is 42.4 Å². The van der Waals surface area contributed by atoms with Gasteiger partial charge in [0.1, 0.15) is 23.0 Å². The Morgan fingerprint density at radius 2 is 1.82 bits per heavy atom. The Bertz CT molecular complexity index is 1120. The SMILES string of the molecule is Cc1cccc(Nc2ncnc3cnc(N[C@H]4CC[C@H](NC(=O)OC(C)(C)C)CC4)nc23)c1. The lowest BCUT2D eigenvalue weighted by Crippen LogP contribution is -2.42. The van der Waals surface area contributed by atoms with Crippen LogP contribution in [0.15, 0.2) is 36.8 Å². The van der Waals surface area contributed by atoms with E-state index in [1.807, 2.05) is 45.9 Å². The molecule has 1 aliphatic carbocycles. The first-order valence-corrected chi connectivity index (χ1v) is 11.3. The fourth-order valence-electron chi connectivity index (χ4n) is 3.91. The van der Waals surface area contributed by atoms with Crippen molar-refractivity contribution in [1.29, 1.82) is 0 Å². The van der Waals surface area contributed by atoms with Gasteiger partial charge >= 0.3 is 6.09 Å². The van der Waals surface area contributed by atoms with Gasteiger partial charge in [-0.15, -0.1) is 0 Å². The number of nitrogens with one attached hydrogen (secondary N) is 3. The molecule has 33 heavy (non-hydrogen) atoms. The summed E-state index contributed by atoms with van der Waals surface area (Å²) < 4.78 is 5.36. The van der Waals surface area contributed by atoms with Crippen LogP contribution in [0, 0.1) is 6.92 Å². The van der Waals surface area contributed by atoms with Crippen molar-refractivity contribution in [2.75, 3.05) is 10.6 Å². The Labute approximate surface area is 193 Å². The molecule has 0 radical (unpaired) electrons. The van der Waals surface area contributed by atoms with E-state index in [9.17, 15) is 4.79 Å². The molecule has 3 aromatic rings. The largest absolute Gasteiger partial charge is 0.444 e. The summed E-state index contributed by atoms with van der Waals surface area (Å²) in [7, 11) is 0. The van der Waals surface area contributed by atoms with E-state index in [0.717, 1.165) is 36.9 Å². The first-order chi connectivity index (χ1) is 15.7. The van der Waals surface area contributed by atoms with Gasteiger partial charge in [0.15, 0.2) is 5.82 Å². The van der Waals surface area contributed by atoms with Crippen LogP contribution in [0.2, 0.25) is 0 Å². The summed E-state index contributed by atoms with van der Waals surface area (Å²) in [6, 6.07) is 8.44. The first-order valence-electron chi connectivity index (χ1n) is 11.3. The van der Waals surface area contributed by atoms with E-state index in [4.69, 9.17) is 9.72 Å². The summed E-state index contributed by atoms with van der Waals surface area (Å²) in [5.74, 6) is 1.19. The van der Waals surface area contributed by atoms with Crippen molar-refractivity contribution in [2.45, 2.75) is 71.1 Å². The smallest absolute Gasteiger partial charge is 0.407 e. The number of hydrogen-bond donors (Lipinski definition) is 3. The second kappa shape index (κ2) is 9.56. The second-order valence-electron chi connectivity index (χ2n) is 9.48. The number of amides is 1. The van der Waals surface area contributed by atoms with Gasteiger partial charge in [0, 0.05) is 17.8 Å². The molecule has 0 aliphatic heterocycles. The Morgan fingerprint density at radius 1 is 1.06 bits per heavy atom. The molecule has 1 aliphatic rings. The number of carbonyl (C=O) groups excluding carboxylic acids is 1. The van der Waals surface area contributed by atoms with Crippen LogP contribution >= 0.6 is 0 Å².